The van der Waals surface area contributed by atoms with E-state index in [1.54, 1.807) is 23.7 Å². The number of thioether (sulfide) groups is 1. The van der Waals surface area contributed by atoms with Crippen LogP contribution in [0.4, 0.5) is 5.69 Å². The Balaban J connectivity index is 1.55. The van der Waals surface area contributed by atoms with Crippen molar-refractivity contribution in [2.24, 2.45) is 0 Å². The van der Waals surface area contributed by atoms with Gasteiger partial charge in [-0.25, -0.2) is 9.97 Å². The molecule has 2 aromatic heterocycles. The van der Waals surface area contributed by atoms with Gasteiger partial charge >= 0.3 is 0 Å². The molecule has 0 amide bonds. The summed E-state index contributed by atoms with van der Waals surface area (Å²) in [6.45, 7) is 4.34. The lowest BCUT2D eigenvalue weighted by Gasteiger charge is -2.23. The highest BCUT2D eigenvalue weighted by atomic mass is 32.2. The van der Waals surface area contributed by atoms with Gasteiger partial charge in [0.15, 0.2) is 5.78 Å². The smallest absolute Gasteiger partial charge is 0.167 e. The van der Waals surface area contributed by atoms with Crippen molar-refractivity contribution < 1.29 is 4.79 Å². The summed E-state index contributed by atoms with van der Waals surface area (Å²) in [5.41, 5.74) is 3.28. The van der Waals surface area contributed by atoms with Crippen molar-refractivity contribution in [3.63, 3.8) is 0 Å². The minimum absolute atomic E-state index is 0.0970. The molecule has 0 spiro atoms. The number of thiophene rings is 1. The van der Waals surface area contributed by atoms with Gasteiger partial charge in [-0.3, -0.25) is 4.79 Å². The van der Waals surface area contributed by atoms with Crippen LogP contribution >= 0.6 is 23.1 Å². The molecular formula is C20H19N3OS2. The first-order valence-corrected chi connectivity index (χ1v) is 10.2. The number of aromatic nitrogens is 2. The molecule has 6 heteroatoms. The molecule has 0 unspecified atom stereocenters. The van der Waals surface area contributed by atoms with Crippen LogP contribution in [0.1, 0.15) is 19.4 Å². The van der Waals surface area contributed by atoms with Gasteiger partial charge in [0, 0.05) is 35.3 Å². The van der Waals surface area contributed by atoms with Crippen molar-refractivity contribution in [1.29, 1.82) is 0 Å². The van der Waals surface area contributed by atoms with Gasteiger partial charge in [0.25, 0.3) is 0 Å². The van der Waals surface area contributed by atoms with E-state index >= 15 is 0 Å². The number of ketones is 1. The average molecular weight is 382 g/mol. The average Bonchev–Trinajstić information content (AvgIpc) is 3.19. The van der Waals surface area contributed by atoms with Gasteiger partial charge in [0.1, 0.15) is 16.2 Å². The monoisotopic (exact) mass is 381 g/mol. The summed E-state index contributed by atoms with van der Waals surface area (Å²) in [5.74, 6) is 0.464. The lowest BCUT2D eigenvalue weighted by Crippen LogP contribution is -2.24. The number of carbonyl (C=O) groups is 1. The normalized spacial score (nSPS) is 17.0. The third kappa shape index (κ3) is 2.83. The summed E-state index contributed by atoms with van der Waals surface area (Å²) in [6, 6.07) is 10.3. The summed E-state index contributed by atoms with van der Waals surface area (Å²) in [7, 11) is 2.03. The molecule has 3 aromatic rings. The Bertz CT molecular complexity index is 1020. The van der Waals surface area contributed by atoms with E-state index in [2.05, 4.69) is 46.9 Å². The number of anilines is 1. The Morgan fingerprint density at radius 1 is 1.27 bits per heavy atom. The lowest BCUT2D eigenvalue weighted by molar-refractivity contribution is -0.112. The number of hydrogen-bond donors (Lipinski definition) is 0. The second-order valence-electron chi connectivity index (χ2n) is 6.80. The number of likely N-dealkylation sites (N-methyl/N-ethyl adjacent to an activating group) is 1. The molecule has 1 aliphatic rings. The molecule has 4 nitrogen and oxygen atoms in total. The maximum atomic E-state index is 12.7. The van der Waals surface area contributed by atoms with Crippen molar-refractivity contribution in [2.75, 3.05) is 17.7 Å². The second kappa shape index (κ2) is 6.52. The van der Waals surface area contributed by atoms with Crippen LogP contribution < -0.4 is 4.90 Å². The molecule has 0 aliphatic carbocycles. The van der Waals surface area contributed by atoms with Crippen LogP contribution in [0.15, 0.2) is 58.8 Å². The fourth-order valence-electron chi connectivity index (χ4n) is 3.47. The summed E-state index contributed by atoms with van der Waals surface area (Å²) in [5, 5.41) is 3.89. The van der Waals surface area contributed by atoms with E-state index < -0.39 is 0 Å². The number of benzene rings is 1. The number of nitrogens with zero attached hydrogens (tertiary/aromatic N) is 3. The largest absolute Gasteiger partial charge is 0.347 e. The number of hydrogen-bond acceptors (Lipinski definition) is 6. The van der Waals surface area contributed by atoms with Crippen LogP contribution in [0.25, 0.3) is 10.2 Å². The van der Waals surface area contributed by atoms with Crippen LogP contribution in [-0.4, -0.2) is 28.6 Å². The molecule has 0 fully saturated rings. The molecular weight excluding hydrogens is 362 g/mol. The maximum absolute atomic E-state index is 12.7. The van der Waals surface area contributed by atoms with Crippen molar-refractivity contribution in [2.45, 2.75) is 24.3 Å². The van der Waals surface area contributed by atoms with Gasteiger partial charge in [-0.15, -0.1) is 11.3 Å². The molecule has 0 N–H and O–H groups in total. The lowest BCUT2D eigenvalue weighted by atomic mass is 9.83. The van der Waals surface area contributed by atoms with E-state index in [-0.39, 0.29) is 11.2 Å². The summed E-state index contributed by atoms with van der Waals surface area (Å²) in [6.07, 6.45) is 3.35. The second-order valence-corrected chi connectivity index (χ2v) is 8.66. The van der Waals surface area contributed by atoms with Crippen LogP contribution in [-0.2, 0) is 10.2 Å². The highest BCUT2D eigenvalue weighted by Gasteiger charge is 2.38. The summed E-state index contributed by atoms with van der Waals surface area (Å²) >= 11 is 3.06. The maximum Gasteiger partial charge on any atom is 0.167 e. The number of fused-ring (bicyclic) bond motifs is 2. The third-order valence-electron chi connectivity index (χ3n) is 4.81. The molecule has 1 aromatic carbocycles. The molecule has 0 saturated carbocycles. The van der Waals surface area contributed by atoms with Gasteiger partial charge in [-0.05, 0) is 23.1 Å². The van der Waals surface area contributed by atoms with Gasteiger partial charge < -0.3 is 4.90 Å². The molecule has 132 valence electrons. The Labute approximate surface area is 161 Å². The van der Waals surface area contributed by atoms with E-state index in [4.69, 9.17) is 0 Å². The van der Waals surface area contributed by atoms with Crippen molar-refractivity contribution in [1.82, 2.24) is 9.97 Å². The van der Waals surface area contributed by atoms with Crippen molar-refractivity contribution in [3.8, 4) is 0 Å². The molecule has 0 radical (unpaired) electrons. The van der Waals surface area contributed by atoms with E-state index in [1.165, 1.54) is 23.0 Å². The highest BCUT2D eigenvalue weighted by molar-refractivity contribution is 8.00. The van der Waals surface area contributed by atoms with Crippen LogP contribution in [0, 0.1) is 0 Å². The van der Waals surface area contributed by atoms with Gasteiger partial charge in [0.05, 0.1) is 5.75 Å². The predicted molar refractivity (Wildman–Crippen MR) is 109 cm³/mol. The molecule has 26 heavy (non-hydrogen) atoms. The molecule has 4 rings (SSSR count). The van der Waals surface area contributed by atoms with Crippen LogP contribution in [0.3, 0.4) is 0 Å². The quantitative estimate of drug-likeness (QED) is 0.373. The van der Waals surface area contributed by atoms with E-state index in [0.29, 0.717) is 5.75 Å². The van der Waals surface area contributed by atoms with Crippen molar-refractivity contribution in [3.05, 3.63) is 59.4 Å². The topological polar surface area (TPSA) is 46.1 Å². The highest BCUT2D eigenvalue weighted by Crippen LogP contribution is 2.46. The first kappa shape index (κ1) is 17.2. The predicted octanol–water partition coefficient (Wildman–Crippen LogP) is 4.66. The minimum Gasteiger partial charge on any atom is -0.347 e. The molecule has 0 bridgehead atoms. The van der Waals surface area contributed by atoms with Crippen molar-refractivity contribution >= 4 is 44.8 Å². The molecule has 1 aliphatic heterocycles. The fourth-order valence-corrected chi connectivity index (χ4v) is 5.08. The molecule has 3 heterocycles. The third-order valence-corrected chi connectivity index (χ3v) is 6.66. The standard InChI is InChI=1S/C20H19N3OS2/c1-20(2)15-6-4-5-7-16(15)23(3)17(20)10-13(24)11-26-19-14-8-9-25-18(14)21-12-22-19/h4-10,12H,11H2,1-3H3/b17-10-. The Hall–Kier alpha value is -2.18. The van der Waals surface area contributed by atoms with Gasteiger partial charge in [-0.1, -0.05) is 43.8 Å². The number of carbonyl (C=O) groups excluding carboxylic acids is 1. The Morgan fingerprint density at radius 3 is 2.88 bits per heavy atom. The van der Waals surface area contributed by atoms with E-state index in [9.17, 15) is 4.79 Å². The minimum atomic E-state index is -0.179. The first-order valence-electron chi connectivity index (χ1n) is 8.38. The number of allylic oxidation sites excluding steroid dienone is 2. The van der Waals surface area contributed by atoms with Gasteiger partial charge in [0.2, 0.25) is 0 Å². The fraction of sp³-hybridized carbons (Fsp3) is 0.250. The zero-order valence-corrected chi connectivity index (χ0v) is 16.5. The van der Waals surface area contributed by atoms with Gasteiger partial charge in [-0.2, -0.15) is 0 Å². The Morgan fingerprint density at radius 2 is 2.08 bits per heavy atom. The first-order chi connectivity index (χ1) is 12.5. The zero-order valence-electron chi connectivity index (χ0n) is 14.9. The molecule has 0 atom stereocenters. The van der Waals surface area contributed by atoms with E-state index in [1.807, 2.05) is 24.6 Å². The Kier molecular flexibility index (Phi) is 4.32. The summed E-state index contributed by atoms with van der Waals surface area (Å²) in [4.78, 5) is 24.3. The SMILES string of the molecule is CN1/C(=C\C(=O)CSc2ncnc3sccc23)C(C)(C)c2ccccc21. The van der Waals surface area contributed by atoms with Crippen LogP contribution in [0.5, 0.6) is 0 Å². The molecule has 0 saturated heterocycles. The zero-order chi connectivity index (χ0) is 18.3. The summed E-state index contributed by atoms with van der Waals surface area (Å²) < 4.78 is 0. The number of para-hydroxylation sites is 1. The van der Waals surface area contributed by atoms with Crippen LogP contribution in [0.2, 0.25) is 0 Å². The number of rotatable bonds is 4. The van der Waals surface area contributed by atoms with E-state index in [0.717, 1.165) is 20.9 Å².